The number of carbonyl (C=O) groups is 1. The number of nitrogens with two attached hydrogens (primary N) is 1. The number of carbonyl (C=O) groups excluding carboxylic acids is 1. The van der Waals surface area contributed by atoms with E-state index in [1.54, 1.807) is 6.07 Å². The van der Waals surface area contributed by atoms with Gasteiger partial charge >= 0.3 is 0 Å². The molecule has 0 fully saturated rings. The lowest BCUT2D eigenvalue weighted by Gasteiger charge is -2.26. The molecule has 0 bridgehead atoms. The summed E-state index contributed by atoms with van der Waals surface area (Å²) in [4.78, 5) is 11.8. The van der Waals surface area contributed by atoms with E-state index < -0.39 is 0 Å². The Labute approximate surface area is 102 Å². The number of aromatic nitrogens is 2. The second-order valence-corrected chi connectivity index (χ2v) is 4.38. The van der Waals surface area contributed by atoms with Crippen LogP contribution in [0.1, 0.15) is 49.8 Å². The van der Waals surface area contributed by atoms with Crippen molar-refractivity contribution >= 4 is 5.91 Å². The van der Waals surface area contributed by atoms with Gasteiger partial charge in [0.05, 0.1) is 0 Å². The van der Waals surface area contributed by atoms with E-state index in [2.05, 4.69) is 15.5 Å². The molecule has 0 spiro atoms. The molecule has 0 saturated carbocycles. The number of hydrogen-bond donors (Lipinski definition) is 3. The highest BCUT2D eigenvalue weighted by Crippen LogP contribution is 2.09. The molecule has 0 radical (unpaired) electrons. The molecule has 5 nitrogen and oxygen atoms in total. The summed E-state index contributed by atoms with van der Waals surface area (Å²) in [5.74, 6) is -0.169. The largest absolute Gasteiger partial charge is 0.349 e. The van der Waals surface area contributed by atoms with E-state index in [4.69, 9.17) is 5.73 Å². The van der Waals surface area contributed by atoms with Crippen molar-refractivity contribution < 1.29 is 4.79 Å². The second-order valence-electron chi connectivity index (χ2n) is 4.38. The topological polar surface area (TPSA) is 83.8 Å². The number of hydrogen-bond acceptors (Lipinski definition) is 3. The predicted molar refractivity (Wildman–Crippen MR) is 67.8 cm³/mol. The van der Waals surface area contributed by atoms with E-state index in [0.717, 1.165) is 25.0 Å². The van der Waals surface area contributed by atoms with Crippen LogP contribution in [0.4, 0.5) is 0 Å². The Balaban J connectivity index is 2.55. The third-order valence-corrected chi connectivity index (χ3v) is 3.25. The maximum absolute atomic E-state index is 11.8. The zero-order valence-corrected chi connectivity index (χ0v) is 10.8. The van der Waals surface area contributed by atoms with E-state index >= 15 is 0 Å². The molecular formula is C12H22N4O. The zero-order chi connectivity index (χ0) is 12.9. The van der Waals surface area contributed by atoms with Gasteiger partial charge in [-0.3, -0.25) is 9.89 Å². The van der Waals surface area contributed by atoms with E-state index in [9.17, 15) is 4.79 Å². The third kappa shape index (κ3) is 3.56. The van der Waals surface area contributed by atoms with Gasteiger partial charge in [0.15, 0.2) is 0 Å². The van der Waals surface area contributed by atoms with Crippen molar-refractivity contribution in [3.63, 3.8) is 0 Å². The summed E-state index contributed by atoms with van der Waals surface area (Å²) >= 11 is 0. The van der Waals surface area contributed by atoms with Crippen LogP contribution in [0.5, 0.6) is 0 Å². The molecule has 17 heavy (non-hydrogen) atoms. The molecule has 96 valence electrons. The highest BCUT2D eigenvalue weighted by molar-refractivity contribution is 5.92. The predicted octanol–water partition coefficient (Wildman–Crippen LogP) is 1.22. The molecule has 5 heteroatoms. The summed E-state index contributed by atoms with van der Waals surface area (Å²) in [5, 5.41) is 9.61. The molecule has 1 heterocycles. The van der Waals surface area contributed by atoms with Crippen molar-refractivity contribution in [2.24, 2.45) is 5.73 Å². The Bertz CT molecular complexity index is 368. The van der Waals surface area contributed by atoms with Gasteiger partial charge in [0, 0.05) is 17.8 Å². The van der Waals surface area contributed by atoms with Crippen molar-refractivity contribution in [3.8, 4) is 0 Å². The summed E-state index contributed by atoms with van der Waals surface area (Å²) in [6.45, 7) is 6.54. The number of nitrogens with zero attached hydrogens (tertiary/aromatic N) is 1. The molecule has 0 unspecified atom stereocenters. The first-order chi connectivity index (χ1) is 8.04. The quantitative estimate of drug-likeness (QED) is 0.696. The lowest BCUT2D eigenvalue weighted by Crippen LogP contribution is -2.49. The van der Waals surface area contributed by atoms with Gasteiger partial charge in [0.2, 0.25) is 0 Å². The maximum atomic E-state index is 11.8. The molecule has 0 atom stereocenters. The van der Waals surface area contributed by atoms with Crippen LogP contribution in [0.25, 0.3) is 0 Å². The molecule has 1 amide bonds. The lowest BCUT2D eigenvalue weighted by atomic mass is 9.94. The average molecular weight is 238 g/mol. The number of H-pyrrole nitrogens is 1. The minimum Gasteiger partial charge on any atom is -0.349 e. The van der Waals surface area contributed by atoms with Crippen LogP contribution in [0.3, 0.4) is 0 Å². The smallest absolute Gasteiger partial charge is 0.271 e. The molecule has 1 rings (SSSR count). The first-order valence-electron chi connectivity index (χ1n) is 6.16. The number of amides is 1. The summed E-state index contributed by atoms with van der Waals surface area (Å²) in [7, 11) is 0. The summed E-state index contributed by atoms with van der Waals surface area (Å²) in [6, 6.07) is 1.77. The van der Waals surface area contributed by atoms with E-state index in [1.165, 1.54) is 0 Å². The molecular weight excluding hydrogens is 216 g/mol. The van der Waals surface area contributed by atoms with E-state index in [-0.39, 0.29) is 11.4 Å². The fraction of sp³-hybridized carbons (Fsp3) is 0.667. The average Bonchev–Trinajstić information content (AvgIpc) is 2.84. The Morgan fingerprint density at radius 3 is 2.59 bits per heavy atom. The molecule has 0 aliphatic carbocycles. The first kappa shape index (κ1) is 13.7. The van der Waals surface area contributed by atoms with E-state index in [0.29, 0.717) is 12.2 Å². The van der Waals surface area contributed by atoms with Gasteiger partial charge in [-0.1, -0.05) is 20.8 Å². The maximum Gasteiger partial charge on any atom is 0.271 e. The fourth-order valence-corrected chi connectivity index (χ4v) is 1.51. The van der Waals surface area contributed by atoms with Gasteiger partial charge in [-0.15, -0.1) is 0 Å². The van der Waals surface area contributed by atoms with Gasteiger partial charge in [0.25, 0.3) is 5.91 Å². The summed E-state index contributed by atoms with van der Waals surface area (Å²) in [6.07, 6.45) is 2.51. The monoisotopic (exact) mass is 238 g/mol. The van der Waals surface area contributed by atoms with Crippen molar-refractivity contribution in [1.82, 2.24) is 15.5 Å². The molecule has 4 N–H and O–H groups in total. The Kier molecular flexibility index (Phi) is 4.69. The molecule has 1 aromatic heterocycles. The molecule has 1 aromatic rings. The van der Waals surface area contributed by atoms with Gasteiger partial charge in [-0.2, -0.15) is 5.10 Å². The highest BCUT2D eigenvalue weighted by Gasteiger charge is 2.21. The van der Waals surface area contributed by atoms with Crippen LogP contribution >= 0.6 is 0 Å². The van der Waals surface area contributed by atoms with Crippen LogP contribution < -0.4 is 11.1 Å². The second kappa shape index (κ2) is 5.82. The lowest BCUT2D eigenvalue weighted by molar-refractivity contribution is 0.0937. The van der Waals surface area contributed by atoms with Crippen LogP contribution in [-0.4, -0.2) is 28.2 Å². The molecule has 0 aliphatic rings. The first-order valence-corrected chi connectivity index (χ1v) is 6.16. The van der Waals surface area contributed by atoms with Crippen LogP contribution in [0, 0.1) is 0 Å². The Morgan fingerprint density at radius 2 is 2.12 bits per heavy atom. The summed E-state index contributed by atoms with van der Waals surface area (Å²) < 4.78 is 0. The minimum absolute atomic E-state index is 0.169. The van der Waals surface area contributed by atoms with E-state index in [1.807, 2.05) is 20.8 Å². The Morgan fingerprint density at radius 1 is 1.47 bits per heavy atom. The van der Waals surface area contributed by atoms with Crippen LogP contribution in [-0.2, 0) is 6.42 Å². The normalized spacial score (nSPS) is 11.5. The van der Waals surface area contributed by atoms with Gasteiger partial charge < -0.3 is 11.1 Å². The van der Waals surface area contributed by atoms with Crippen molar-refractivity contribution in [2.75, 3.05) is 6.54 Å². The standard InChI is InChI=1S/C12H22N4O/c1-4-9-7-10(16-15-9)11(17)14-8-12(13,5-2)6-3/h7H,4-6,8,13H2,1-3H3,(H,14,17)(H,15,16). The van der Waals surface area contributed by atoms with Crippen LogP contribution in [0.15, 0.2) is 6.07 Å². The minimum atomic E-state index is -0.320. The van der Waals surface area contributed by atoms with Crippen molar-refractivity contribution in [2.45, 2.75) is 45.6 Å². The molecule has 0 aliphatic heterocycles. The Hall–Kier alpha value is -1.36. The van der Waals surface area contributed by atoms with Gasteiger partial charge in [0.1, 0.15) is 5.69 Å². The van der Waals surface area contributed by atoms with Gasteiger partial charge in [-0.25, -0.2) is 0 Å². The number of rotatable bonds is 6. The number of aryl methyl sites for hydroxylation is 1. The van der Waals surface area contributed by atoms with Crippen LogP contribution in [0.2, 0.25) is 0 Å². The van der Waals surface area contributed by atoms with Crippen molar-refractivity contribution in [1.29, 1.82) is 0 Å². The molecule has 0 aromatic carbocycles. The third-order valence-electron chi connectivity index (χ3n) is 3.25. The SMILES string of the molecule is CCc1cc(C(=O)NCC(N)(CC)CC)n[nH]1. The van der Waals surface area contributed by atoms with Gasteiger partial charge in [-0.05, 0) is 25.3 Å². The highest BCUT2D eigenvalue weighted by atomic mass is 16.1. The number of aromatic amines is 1. The van der Waals surface area contributed by atoms with Crippen molar-refractivity contribution in [3.05, 3.63) is 17.5 Å². The summed E-state index contributed by atoms with van der Waals surface area (Å²) in [5.41, 5.74) is 7.18. The molecule has 0 saturated heterocycles. The zero-order valence-electron chi connectivity index (χ0n) is 10.8. The fourth-order valence-electron chi connectivity index (χ4n) is 1.51. The number of nitrogens with one attached hydrogen (secondary N) is 2.